The maximum Gasteiger partial charge on any atom is 0.320 e. The summed E-state index contributed by atoms with van der Waals surface area (Å²) in [6.45, 7) is 4.12. The number of para-hydroxylation sites is 1. The molecule has 0 bridgehead atoms. The number of urea groups is 1. The van der Waals surface area contributed by atoms with Crippen LogP contribution in [0.3, 0.4) is 0 Å². The van der Waals surface area contributed by atoms with Crippen molar-refractivity contribution < 1.29 is 23.0 Å². The topological polar surface area (TPSA) is 80.7 Å². The van der Waals surface area contributed by atoms with E-state index in [0.29, 0.717) is 49.1 Å². The van der Waals surface area contributed by atoms with Crippen LogP contribution in [-0.4, -0.2) is 67.2 Å². The van der Waals surface area contributed by atoms with Crippen LogP contribution in [0.1, 0.15) is 17.0 Å². The fraction of sp³-hybridized carbons (Fsp3) is 0.360. The van der Waals surface area contributed by atoms with Gasteiger partial charge in [-0.3, -0.25) is 10.2 Å². The first-order valence-electron chi connectivity index (χ1n) is 11.3. The number of carbonyl (C=O) groups excluding carboxylic acids is 1. The number of likely N-dealkylation sites (tertiary alicyclic amines) is 1. The summed E-state index contributed by atoms with van der Waals surface area (Å²) in [5.41, 5.74) is 2.07. The van der Waals surface area contributed by atoms with Gasteiger partial charge in [-0.15, -0.1) is 5.10 Å². The van der Waals surface area contributed by atoms with Gasteiger partial charge in [-0.1, -0.05) is 24.3 Å². The van der Waals surface area contributed by atoms with Crippen LogP contribution in [0.15, 0.2) is 48.5 Å². The fourth-order valence-electron chi connectivity index (χ4n) is 4.40. The van der Waals surface area contributed by atoms with Gasteiger partial charge in [0.05, 0.1) is 31.0 Å². The van der Waals surface area contributed by atoms with Crippen LogP contribution in [0.2, 0.25) is 0 Å². The Hall–Kier alpha value is -3.50. The summed E-state index contributed by atoms with van der Waals surface area (Å²) in [6, 6.07) is 12.5. The van der Waals surface area contributed by atoms with Gasteiger partial charge in [0.2, 0.25) is 5.88 Å². The minimum atomic E-state index is -0.907. The summed E-state index contributed by atoms with van der Waals surface area (Å²) < 4.78 is 39.6. The molecule has 0 saturated carbocycles. The highest BCUT2D eigenvalue weighted by Gasteiger charge is 2.35. The van der Waals surface area contributed by atoms with Crippen LogP contribution in [-0.2, 0) is 4.74 Å². The Labute approximate surface area is 202 Å². The van der Waals surface area contributed by atoms with Crippen molar-refractivity contribution in [3.63, 3.8) is 0 Å². The maximum absolute atomic E-state index is 14.0. The van der Waals surface area contributed by atoms with Gasteiger partial charge in [0, 0.05) is 32.7 Å². The predicted octanol–water partition coefficient (Wildman–Crippen LogP) is 3.70. The highest BCUT2D eigenvalue weighted by Crippen LogP contribution is 2.30. The normalized spacial score (nSPS) is 18.0. The molecule has 35 heavy (non-hydrogen) atoms. The number of benzene rings is 2. The quantitative estimate of drug-likeness (QED) is 0.509. The van der Waals surface area contributed by atoms with Crippen molar-refractivity contribution in [1.29, 1.82) is 0 Å². The first-order valence-corrected chi connectivity index (χ1v) is 11.3. The van der Waals surface area contributed by atoms with Gasteiger partial charge in [0.25, 0.3) is 0 Å². The van der Waals surface area contributed by atoms with Crippen molar-refractivity contribution in [2.75, 3.05) is 45.8 Å². The molecule has 2 amide bonds. The number of carbonyl (C=O) groups is 1. The van der Waals surface area contributed by atoms with Gasteiger partial charge in [0.1, 0.15) is 5.82 Å². The third kappa shape index (κ3) is 5.44. The van der Waals surface area contributed by atoms with Crippen molar-refractivity contribution in [2.24, 2.45) is 0 Å². The van der Waals surface area contributed by atoms with E-state index in [9.17, 15) is 13.6 Å². The van der Waals surface area contributed by atoms with E-state index >= 15 is 0 Å². The molecule has 0 unspecified atom stereocenters. The molecule has 2 N–H and O–H groups in total. The second-order valence-electron chi connectivity index (χ2n) is 8.47. The summed E-state index contributed by atoms with van der Waals surface area (Å²) in [4.78, 5) is 15.3. The van der Waals surface area contributed by atoms with E-state index < -0.39 is 17.7 Å². The Morgan fingerprint density at radius 1 is 1.11 bits per heavy atom. The molecule has 186 valence electrons. The number of amides is 2. The third-order valence-corrected chi connectivity index (χ3v) is 6.20. The standard InChI is InChI=1S/C25H29F2N5O3/c1-16-23(32(30-24(16)35-3)18-7-5-4-6-8-18)29-25(33)28-22-15-31(11-12-34-2)14-19(22)17-9-10-20(26)21(27)13-17/h4-10,13,19,22H,11-12,14-15H2,1-3H3,(H2,28,29,33)/t19-,22+/m0/s1. The Kier molecular flexibility index (Phi) is 7.62. The summed E-state index contributed by atoms with van der Waals surface area (Å²) in [7, 11) is 3.15. The molecule has 3 aromatic rings. The smallest absolute Gasteiger partial charge is 0.320 e. The summed E-state index contributed by atoms with van der Waals surface area (Å²) in [6.07, 6.45) is 0. The van der Waals surface area contributed by atoms with Crippen molar-refractivity contribution in [3.05, 3.63) is 71.3 Å². The lowest BCUT2D eigenvalue weighted by molar-refractivity contribution is 0.159. The maximum atomic E-state index is 14.0. The van der Waals surface area contributed by atoms with Crippen LogP contribution in [0.25, 0.3) is 5.69 Å². The van der Waals surface area contributed by atoms with E-state index in [1.54, 1.807) is 17.9 Å². The monoisotopic (exact) mass is 485 g/mol. The molecule has 1 saturated heterocycles. The number of aromatic nitrogens is 2. The van der Waals surface area contributed by atoms with Gasteiger partial charge in [-0.05, 0) is 36.8 Å². The van der Waals surface area contributed by atoms with Crippen molar-refractivity contribution >= 4 is 11.8 Å². The molecular formula is C25H29F2N5O3. The molecular weight excluding hydrogens is 456 g/mol. The molecule has 10 heteroatoms. The van der Waals surface area contributed by atoms with Crippen LogP contribution in [0.4, 0.5) is 19.4 Å². The minimum absolute atomic E-state index is 0.220. The zero-order valence-corrected chi connectivity index (χ0v) is 19.9. The zero-order valence-electron chi connectivity index (χ0n) is 19.9. The molecule has 2 atom stereocenters. The Bertz CT molecular complexity index is 1170. The van der Waals surface area contributed by atoms with Gasteiger partial charge in [-0.25, -0.2) is 18.3 Å². The summed E-state index contributed by atoms with van der Waals surface area (Å²) >= 11 is 0. The SMILES string of the molecule is COCCN1C[C@@H](NC(=O)Nc2c(C)c(OC)nn2-c2ccccc2)[C@H](c2ccc(F)c(F)c2)C1. The van der Waals surface area contributed by atoms with E-state index in [-0.39, 0.29) is 12.0 Å². The average molecular weight is 486 g/mol. The molecule has 1 aromatic heterocycles. The molecule has 0 spiro atoms. The lowest BCUT2D eigenvalue weighted by atomic mass is 9.94. The molecule has 1 aliphatic rings. The van der Waals surface area contributed by atoms with Crippen LogP contribution < -0.4 is 15.4 Å². The molecule has 1 aliphatic heterocycles. The molecule has 2 aromatic carbocycles. The number of nitrogens with zero attached hydrogens (tertiary/aromatic N) is 3. The molecule has 0 aliphatic carbocycles. The third-order valence-electron chi connectivity index (χ3n) is 6.20. The van der Waals surface area contributed by atoms with Gasteiger partial charge < -0.3 is 14.8 Å². The molecule has 2 heterocycles. The summed E-state index contributed by atoms with van der Waals surface area (Å²) in [5.74, 6) is -1.15. The second kappa shape index (κ2) is 10.8. The molecule has 8 nitrogen and oxygen atoms in total. The highest BCUT2D eigenvalue weighted by molar-refractivity contribution is 5.90. The Morgan fingerprint density at radius 2 is 1.89 bits per heavy atom. The number of hydrogen-bond acceptors (Lipinski definition) is 5. The van der Waals surface area contributed by atoms with Crippen LogP contribution in [0.5, 0.6) is 5.88 Å². The number of hydrogen-bond donors (Lipinski definition) is 2. The molecule has 4 rings (SSSR count). The number of rotatable bonds is 8. The van der Waals surface area contributed by atoms with E-state index in [1.165, 1.54) is 13.2 Å². The van der Waals surface area contributed by atoms with E-state index in [0.717, 1.165) is 11.8 Å². The number of anilines is 1. The number of methoxy groups -OCH3 is 2. The van der Waals surface area contributed by atoms with Crippen LogP contribution >= 0.6 is 0 Å². The zero-order chi connectivity index (χ0) is 24.9. The molecule has 1 fully saturated rings. The van der Waals surface area contributed by atoms with Gasteiger partial charge >= 0.3 is 6.03 Å². The fourth-order valence-corrected chi connectivity index (χ4v) is 4.40. The predicted molar refractivity (Wildman–Crippen MR) is 128 cm³/mol. The lowest BCUT2D eigenvalue weighted by Gasteiger charge is -2.21. The van der Waals surface area contributed by atoms with Crippen molar-refractivity contribution in [3.8, 4) is 11.6 Å². The van der Waals surface area contributed by atoms with E-state index in [1.807, 2.05) is 37.3 Å². The van der Waals surface area contributed by atoms with Crippen molar-refractivity contribution in [1.82, 2.24) is 20.0 Å². The number of nitrogens with one attached hydrogen (secondary N) is 2. The van der Waals surface area contributed by atoms with Gasteiger partial charge in [-0.2, -0.15) is 0 Å². The highest BCUT2D eigenvalue weighted by atomic mass is 19.2. The van der Waals surface area contributed by atoms with E-state index in [2.05, 4.69) is 20.6 Å². The second-order valence-corrected chi connectivity index (χ2v) is 8.47. The average Bonchev–Trinajstić information content (AvgIpc) is 3.40. The van der Waals surface area contributed by atoms with Crippen molar-refractivity contribution in [2.45, 2.75) is 18.9 Å². The minimum Gasteiger partial charge on any atom is -0.480 e. The Balaban J connectivity index is 1.56. The van der Waals surface area contributed by atoms with Gasteiger partial charge in [0.15, 0.2) is 11.6 Å². The largest absolute Gasteiger partial charge is 0.480 e. The summed E-state index contributed by atoms with van der Waals surface area (Å²) in [5, 5.41) is 10.4. The Morgan fingerprint density at radius 3 is 2.57 bits per heavy atom. The first kappa shape index (κ1) is 24.6. The number of halogens is 2. The van der Waals surface area contributed by atoms with E-state index in [4.69, 9.17) is 9.47 Å². The number of ether oxygens (including phenoxy) is 2. The molecule has 0 radical (unpaired) electrons. The van der Waals surface area contributed by atoms with Crippen LogP contribution in [0, 0.1) is 18.6 Å². The first-order chi connectivity index (χ1) is 16.9. The lowest BCUT2D eigenvalue weighted by Crippen LogP contribution is -2.42.